The van der Waals surface area contributed by atoms with Gasteiger partial charge in [-0.05, 0) is 6.42 Å². The molecule has 0 radical (unpaired) electrons. The van der Waals surface area contributed by atoms with Gasteiger partial charge in [0.15, 0.2) is 0 Å². The topological polar surface area (TPSA) is 57.5 Å². The standard InChI is InChI=1S/C4H10O.C3H4O2.Ca.2H/c1-2-3-4-5;1-2-3(4)5;;;/h5H,2-4H2,1H3;2H,1H2,(H,4,5);;;/q;;+2;2*-1. The molecule has 0 saturated carbocycles. The first-order chi connectivity index (χ1) is 4.68. The molecular formula is C7H16CaO3. The third-order valence-electron chi connectivity index (χ3n) is 0.686. The van der Waals surface area contributed by atoms with Crippen molar-refractivity contribution in [1.29, 1.82) is 0 Å². The molecule has 0 atom stereocenters. The zero-order chi connectivity index (χ0) is 8.41. The van der Waals surface area contributed by atoms with Gasteiger partial charge in [0.2, 0.25) is 0 Å². The number of unbranched alkanes of at least 4 members (excludes halogenated alkanes) is 1. The minimum atomic E-state index is -0.981. The van der Waals surface area contributed by atoms with E-state index < -0.39 is 5.97 Å². The van der Waals surface area contributed by atoms with Crippen molar-refractivity contribution in [3.63, 3.8) is 0 Å². The van der Waals surface area contributed by atoms with Crippen LogP contribution in [0.4, 0.5) is 0 Å². The van der Waals surface area contributed by atoms with E-state index in [4.69, 9.17) is 10.2 Å². The summed E-state index contributed by atoms with van der Waals surface area (Å²) in [4.78, 5) is 9.25. The Morgan fingerprint density at radius 3 is 2.09 bits per heavy atom. The second-order valence-electron chi connectivity index (χ2n) is 1.62. The van der Waals surface area contributed by atoms with E-state index in [1.165, 1.54) is 0 Å². The Morgan fingerprint density at radius 2 is 2.09 bits per heavy atom. The van der Waals surface area contributed by atoms with Crippen LogP contribution < -0.4 is 0 Å². The number of hydrogen-bond donors (Lipinski definition) is 2. The van der Waals surface area contributed by atoms with Crippen molar-refractivity contribution in [1.82, 2.24) is 0 Å². The fourth-order valence-corrected chi connectivity index (χ4v) is 0.158. The van der Waals surface area contributed by atoms with Crippen LogP contribution >= 0.6 is 0 Å². The van der Waals surface area contributed by atoms with Crippen molar-refractivity contribution in [2.45, 2.75) is 19.8 Å². The minimum absolute atomic E-state index is 0. The molecule has 11 heavy (non-hydrogen) atoms. The predicted octanol–water partition coefficient (Wildman–Crippen LogP) is 0.880. The number of carbonyl (C=O) groups is 1. The van der Waals surface area contributed by atoms with Crippen molar-refractivity contribution in [2.75, 3.05) is 6.61 Å². The second-order valence-corrected chi connectivity index (χ2v) is 1.62. The molecule has 0 amide bonds. The van der Waals surface area contributed by atoms with E-state index in [1.807, 2.05) is 0 Å². The van der Waals surface area contributed by atoms with Crippen LogP contribution in [0.3, 0.4) is 0 Å². The van der Waals surface area contributed by atoms with Crippen LogP contribution in [0.2, 0.25) is 0 Å². The van der Waals surface area contributed by atoms with Gasteiger partial charge in [0.25, 0.3) is 0 Å². The molecular weight excluding hydrogens is 172 g/mol. The van der Waals surface area contributed by atoms with Crippen molar-refractivity contribution in [3.8, 4) is 0 Å². The largest absolute Gasteiger partial charge is 2.00 e. The molecule has 0 aliphatic rings. The molecule has 0 aromatic carbocycles. The first-order valence-electron chi connectivity index (χ1n) is 3.15. The summed E-state index contributed by atoms with van der Waals surface area (Å²) in [6.45, 7) is 5.36. The third kappa shape index (κ3) is 37.8. The van der Waals surface area contributed by atoms with E-state index in [0.29, 0.717) is 6.61 Å². The van der Waals surface area contributed by atoms with E-state index in [-0.39, 0.29) is 40.6 Å². The zero-order valence-electron chi connectivity index (χ0n) is 8.92. The van der Waals surface area contributed by atoms with Gasteiger partial charge in [-0.15, -0.1) is 0 Å². The maximum Gasteiger partial charge on any atom is 2.00 e. The molecule has 0 heterocycles. The monoisotopic (exact) mass is 188 g/mol. The summed E-state index contributed by atoms with van der Waals surface area (Å²) in [6.07, 6.45) is 2.87. The Labute approximate surface area is 100 Å². The van der Waals surface area contributed by atoms with Crippen molar-refractivity contribution in [2.24, 2.45) is 0 Å². The SMILES string of the molecule is C=CC(=O)O.CCCCO.[Ca+2].[H-].[H-]. The Morgan fingerprint density at radius 1 is 1.73 bits per heavy atom. The van der Waals surface area contributed by atoms with Gasteiger partial charge in [-0.1, -0.05) is 19.9 Å². The van der Waals surface area contributed by atoms with Gasteiger partial charge in [0.05, 0.1) is 0 Å². The van der Waals surface area contributed by atoms with Crippen LogP contribution in [0.5, 0.6) is 0 Å². The van der Waals surface area contributed by atoms with E-state index in [9.17, 15) is 4.79 Å². The predicted molar refractivity (Wildman–Crippen MR) is 47.8 cm³/mol. The van der Waals surface area contributed by atoms with Gasteiger partial charge in [0.1, 0.15) is 0 Å². The molecule has 0 bridgehead atoms. The quantitative estimate of drug-likeness (QED) is 0.510. The number of aliphatic hydroxyl groups excluding tert-OH is 1. The molecule has 0 unspecified atom stereocenters. The van der Waals surface area contributed by atoms with Crippen molar-refractivity contribution >= 4 is 43.7 Å². The maximum atomic E-state index is 9.25. The molecule has 0 aromatic rings. The van der Waals surface area contributed by atoms with Gasteiger partial charge in [-0.2, -0.15) is 0 Å². The Hall–Kier alpha value is 0.430. The number of aliphatic hydroxyl groups is 1. The molecule has 4 heteroatoms. The molecule has 3 nitrogen and oxygen atoms in total. The number of hydrogen-bond acceptors (Lipinski definition) is 2. The van der Waals surface area contributed by atoms with Crippen LogP contribution in [-0.4, -0.2) is 60.5 Å². The number of carboxylic acid groups (broad SMARTS) is 1. The van der Waals surface area contributed by atoms with Crippen LogP contribution in [-0.2, 0) is 4.79 Å². The summed E-state index contributed by atoms with van der Waals surface area (Å²) in [5.41, 5.74) is 0. The Kier molecular flexibility index (Phi) is 26.7. The van der Waals surface area contributed by atoms with Crippen LogP contribution in [0.1, 0.15) is 22.6 Å². The van der Waals surface area contributed by atoms with Gasteiger partial charge in [-0.25, -0.2) is 4.79 Å². The molecule has 0 rings (SSSR count). The summed E-state index contributed by atoms with van der Waals surface area (Å²) in [6, 6.07) is 0. The molecule has 0 saturated heterocycles. The molecule has 2 N–H and O–H groups in total. The van der Waals surface area contributed by atoms with Crippen LogP contribution in [0.15, 0.2) is 12.7 Å². The summed E-state index contributed by atoms with van der Waals surface area (Å²) in [7, 11) is 0. The summed E-state index contributed by atoms with van der Waals surface area (Å²) >= 11 is 0. The van der Waals surface area contributed by atoms with E-state index in [2.05, 4.69) is 13.5 Å². The van der Waals surface area contributed by atoms with E-state index in [0.717, 1.165) is 18.9 Å². The molecule has 0 spiro atoms. The Bertz CT molecular complexity index is 99.7. The smallest absolute Gasteiger partial charge is 1.00 e. The van der Waals surface area contributed by atoms with Crippen LogP contribution in [0.25, 0.3) is 0 Å². The van der Waals surface area contributed by atoms with Crippen molar-refractivity contribution in [3.05, 3.63) is 12.7 Å². The Balaban J connectivity index is -0.0000000267. The van der Waals surface area contributed by atoms with Gasteiger partial charge in [0, 0.05) is 12.7 Å². The molecule has 0 aromatic heterocycles. The fourth-order valence-electron chi connectivity index (χ4n) is 0.158. The maximum absolute atomic E-state index is 9.25. The molecule has 0 aliphatic heterocycles. The average molecular weight is 188 g/mol. The van der Waals surface area contributed by atoms with Crippen molar-refractivity contribution < 1.29 is 17.9 Å². The number of carboxylic acids is 1. The first-order valence-corrected chi connectivity index (χ1v) is 3.15. The normalized spacial score (nSPS) is 6.73. The number of aliphatic carboxylic acids is 1. The summed E-state index contributed by atoms with van der Waals surface area (Å²) < 4.78 is 0. The van der Waals surface area contributed by atoms with Gasteiger partial charge >= 0.3 is 43.7 Å². The molecule has 0 aliphatic carbocycles. The average Bonchev–Trinajstić information content (AvgIpc) is 1.91. The van der Waals surface area contributed by atoms with E-state index in [1.54, 1.807) is 0 Å². The van der Waals surface area contributed by atoms with Gasteiger partial charge in [-0.3, -0.25) is 0 Å². The molecule has 64 valence electrons. The molecule has 0 fully saturated rings. The van der Waals surface area contributed by atoms with E-state index >= 15 is 0 Å². The summed E-state index contributed by atoms with van der Waals surface area (Å²) in [5, 5.41) is 15.7. The number of rotatable bonds is 3. The second kappa shape index (κ2) is 16.8. The summed E-state index contributed by atoms with van der Waals surface area (Å²) in [5.74, 6) is -0.981. The fraction of sp³-hybridized carbons (Fsp3) is 0.571. The van der Waals surface area contributed by atoms with Gasteiger partial charge < -0.3 is 13.1 Å². The first kappa shape index (κ1) is 17.5. The zero-order valence-corrected chi connectivity index (χ0v) is 9.12. The third-order valence-corrected chi connectivity index (χ3v) is 0.686. The minimum Gasteiger partial charge on any atom is -1.00 e. The van der Waals surface area contributed by atoms with Crippen LogP contribution in [0, 0.1) is 0 Å².